The van der Waals surface area contributed by atoms with Crippen LogP contribution in [0, 0.1) is 6.92 Å². The van der Waals surface area contributed by atoms with Crippen molar-refractivity contribution in [1.82, 2.24) is 24.2 Å². The molecule has 2 N–H and O–H groups in total. The molecule has 9 nitrogen and oxygen atoms in total. The van der Waals surface area contributed by atoms with Gasteiger partial charge in [0.05, 0.1) is 29.1 Å². The lowest BCUT2D eigenvalue weighted by Gasteiger charge is -2.14. The molecule has 0 aliphatic rings. The van der Waals surface area contributed by atoms with Crippen LogP contribution >= 0.6 is 0 Å². The van der Waals surface area contributed by atoms with Gasteiger partial charge in [0.15, 0.2) is 0 Å². The van der Waals surface area contributed by atoms with Crippen LogP contribution in [0.4, 0.5) is 11.6 Å². The first-order chi connectivity index (χ1) is 14.3. The lowest BCUT2D eigenvalue weighted by atomic mass is 10.3. The van der Waals surface area contributed by atoms with E-state index in [9.17, 15) is 8.42 Å². The monoisotopic (exact) mass is 430 g/mol. The van der Waals surface area contributed by atoms with E-state index in [1.54, 1.807) is 31.5 Å². The average molecular weight is 431 g/mol. The SMILES string of the molecule is CCOCC(C)NS(=O)(=O)c1ccc(Nc2nccc(-c3cnc(C)n3C)n2)cc1. The smallest absolute Gasteiger partial charge is 0.240 e. The van der Waals surface area contributed by atoms with Gasteiger partial charge in [0, 0.05) is 31.6 Å². The van der Waals surface area contributed by atoms with E-state index in [1.807, 2.05) is 31.5 Å². The second-order valence-electron chi connectivity index (χ2n) is 6.85. The third-order valence-electron chi connectivity index (χ3n) is 4.49. The molecular weight excluding hydrogens is 404 g/mol. The van der Waals surface area contributed by atoms with Gasteiger partial charge in [0.1, 0.15) is 5.82 Å². The second-order valence-corrected chi connectivity index (χ2v) is 8.56. The number of nitrogens with one attached hydrogen (secondary N) is 2. The van der Waals surface area contributed by atoms with E-state index in [1.165, 1.54) is 12.1 Å². The first-order valence-electron chi connectivity index (χ1n) is 9.59. The van der Waals surface area contributed by atoms with E-state index >= 15 is 0 Å². The second kappa shape index (κ2) is 9.33. The molecule has 0 aliphatic carbocycles. The van der Waals surface area contributed by atoms with Crippen LogP contribution in [-0.2, 0) is 21.8 Å². The summed E-state index contributed by atoms with van der Waals surface area (Å²) in [6, 6.07) is 7.91. The molecule has 0 spiro atoms. The summed E-state index contributed by atoms with van der Waals surface area (Å²) in [4.78, 5) is 13.2. The largest absolute Gasteiger partial charge is 0.380 e. The zero-order valence-corrected chi connectivity index (χ0v) is 18.3. The molecule has 3 aromatic rings. The van der Waals surface area contributed by atoms with Crippen molar-refractivity contribution in [3.8, 4) is 11.4 Å². The molecular formula is C20H26N6O3S. The van der Waals surface area contributed by atoms with Crippen molar-refractivity contribution in [3.05, 3.63) is 48.5 Å². The number of ether oxygens (including phenoxy) is 1. The summed E-state index contributed by atoms with van der Waals surface area (Å²) in [6.45, 7) is 6.41. The van der Waals surface area contributed by atoms with Gasteiger partial charge >= 0.3 is 0 Å². The Morgan fingerprint density at radius 2 is 1.90 bits per heavy atom. The molecule has 1 unspecified atom stereocenters. The van der Waals surface area contributed by atoms with Crippen LogP contribution in [0.15, 0.2) is 47.6 Å². The van der Waals surface area contributed by atoms with Gasteiger partial charge in [0.2, 0.25) is 16.0 Å². The van der Waals surface area contributed by atoms with Gasteiger partial charge in [0.25, 0.3) is 0 Å². The molecule has 1 aromatic carbocycles. The van der Waals surface area contributed by atoms with Gasteiger partial charge in [-0.05, 0) is 51.1 Å². The minimum absolute atomic E-state index is 0.177. The highest BCUT2D eigenvalue weighted by Crippen LogP contribution is 2.21. The van der Waals surface area contributed by atoms with Crippen LogP contribution in [-0.4, -0.2) is 47.2 Å². The molecule has 3 rings (SSSR count). The lowest BCUT2D eigenvalue weighted by Crippen LogP contribution is -2.35. The Bertz CT molecular complexity index is 1100. The van der Waals surface area contributed by atoms with E-state index < -0.39 is 10.0 Å². The van der Waals surface area contributed by atoms with Crippen molar-refractivity contribution in [1.29, 1.82) is 0 Å². The predicted molar refractivity (Wildman–Crippen MR) is 115 cm³/mol. The number of hydrogen-bond donors (Lipinski definition) is 2. The number of nitrogens with zero attached hydrogens (tertiary/aromatic N) is 4. The first kappa shape index (κ1) is 21.9. The summed E-state index contributed by atoms with van der Waals surface area (Å²) >= 11 is 0. The molecule has 160 valence electrons. The summed E-state index contributed by atoms with van der Waals surface area (Å²) in [5.74, 6) is 1.30. The Morgan fingerprint density at radius 3 is 2.53 bits per heavy atom. The van der Waals surface area contributed by atoms with Crippen molar-refractivity contribution in [2.75, 3.05) is 18.5 Å². The summed E-state index contributed by atoms with van der Waals surface area (Å²) in [5.41, 5.74) is 2.29. The van der Waals surface area contributed by atoms with E-state index in [0.717, 1.165) is 17.2 Å². The molecule has 0 amide bonds. The zero-order chi connectivity index (χ0) is 21.7. The van der Waals surface area contributed by atoms with Gasteiger partial charge in [-0.25, -0.2) is 28.1 Å². The number of imidazole rings is 1. The van der Waals surface area contributed by atoms with E-state index in [2.05, 4.69) is 25.0 Å². The highest BCUT2D eigenvalue weighted by atomic mass is 32.2. The maximum Gasteiger partial charge on any atom is 0.240 e. The van der Waals surface area contributed by atoms with Crippen molar-refractivity contribution >= 4 is 21.7 Å². The summed E-state index contributed by atoms with van der Waals surface area (Å²) in [5, 5.41) is 3.10. The predicted octanol–water partition coefficient (Wildman–Crippen LogP) is 2.63. The standard InChI is InChI=1S/C20H26N6O3S/c1-5-29-13-14(2)25-30(27,28)17-8-6-16(7-9-17)23-20-21-11-10-18(24-20)19-12-22-15(3)26(19)4/h6-12,14,25H,5,13H2,1-4H3,(H,21,23,24). The summed E-state index contributed by atoms with van der Waals surface area (Å²) in [6.07, 6.45) is 3.43. The molecule has 30 heavy (non-hydrogen) atoms. The van der Waals surface area contributed by atoms with Crippen LogP contribution in [0.25, 0.3) is 11.4 Å². The van der Waals surface area contributed by atoms with Crippen molar-refractivity contribution in [2.45, 2.75) is 31.7 Å². The normalized spacial score (nSPS) is 12.7. The fourth-order valence-corrected chi connectivity index (χ4v) is 4.04. The molecule has 0 saturated carbocycles. The number of hydrogen-bond acceptors (Lipinski definition) is 7. The highest BCUT2D eigenvalue weighted by molar-refractivity contribution is 7.89. The molecule has 0 fully saturated rings. The van der Waals surface area contributed by atoms with Gasteiger partial charge in [-0.1, -0.05) is 0 Å². The summed E-state index contributed by atoms with van der Waals surface area (Å²) < 4.78 is 34.8. The molecule has 0 saturated heterocycles. The Hall–Kier alpha value is -2.82. The third kappa shape index (κ3) is 5.21. The van der Waals surface area contributed by atoms with Crippen molar-refractivity contribution < 1.29 is 13.2 Å². The number of aryl methyl sites for hydroxylation is 1. The number of rotatable bonds is 9. The molecule has 2 heterocycles. The van der Waals surface area contributed by atoms with Gasteiger partial charge in [-0.15, -0.1) is 0 Å². The third-order valence-corrected chi connectivity index (χ3v) is 6.09. The minimum atomic E-state index is -3.62. The number of benzene rings is 1. The zero-order valence-electron chi connectivity index (χ0n) is 17.5. The quantitative estimate of drug-likeness (QED) is 0.537. The van der Waals surface area contributed by atoms with Gasteiger partial charge in [-0.3, -0.25) is 0 Å². The van der Waals surface area contributed by atoms with E-state index in [0.29, 0.717) is 24.8 Å². The van der Waals surface area contributed by atoms with Crippen LogP contribution in [0.5, 0.6) is 0 Å². The number of anilines is 2. The Morgan fingerprint density at radius 1 is 1.17 bits per heavy atom. The van der Waals surface area contributed by atoms with Crippen molar-refractivity contribution in [2.24, 2.45) is 7.05 Å². The number of aromatic nitrogens is 4. The average Bonchev–Trinajstić information content (AvgIpc) is 3.05. The van der Waals surface area contributed by atoms with E-state index in [4.69, 9.17) is 4.74 Å². The molecule has 0 aliphatic heterocycles. The Kier molecular flexibility index (Phi) is 6.80. The molecule has 10 heteroatoms. The number of sulfonamides is 1. The molecule has 2 aromatic heterocycles. The van der Waals surface area contributed by atoms with Crippen molar-refractivity contribution in [3.63, 3.8) is 0 Å². The fourth-order valence-electron chi connectivity index (χ4n) is 2.81. The summed E-state index contributed by atoms with van der Waals surface area (Å²) in [7, 11) is -1.70. The highest BCUT2D eigenvalue weighted by Gasteiger charge is 2.17. The van der Waals surface area contributed by atoms with Crippen LogP contribution in [0.2, 0.25) is 0 Å². The first-order valence-corrected chi connectivity index (χ1v) is 11.1. The lowest BCUT2D eigenvalue weighted by molar-refractivity contribution is 0.133. The molecule has 0 radical (unpaired) electrons. The minimum Gasteiger partial charge on any atom is -0.380 e. The Balaban J connectivity index is 1.72. The van der Waals surface area contributed by atoms with Gasteiger partial charge < -0.3 is 14.6 Å². The maximum absolute atomic E-state index is 12.5. The maximum atomic E-state index is 12.5. The fraction of sp³-hybridized carbons (Fsp3) is 0.350. The topological polar surface area (TPSA) is 111 Å². The molecule has 0 bridgehead atoms. The van der Waals surface area contributed by atoms with Crippen LogP contribution in [0.3, 0.4) is 0 Å². The molecule has 1 atom stereocenters. The Labute approximate surface area is 176 Å². The van der Waals surface area contributed by atoms with E-state index in [-0.39, 0.29) is 10.9 Å². The van der Waals surface area contributed by atoms with Crippen LogP contribution < -0.4 is 10.0 Å². The van der Waals surface area contributed by atoms with Gasteiger partial charge in [-0.2, -0.15) is 0 Å². The van der Waals surface area contributed by atoms with Crippen LogP contribution in [0.1, 0.15) is 19.7 Å².